The molecular formula is C16H14N2O2S. The molecule has 2 aromatic carbocycles. The molecule has 106 valence electrons. The van der Waals surface area contributed by atoms with E-state index in [0.717, 1.165) is 0 Å². The molecule has 0 saturated heterocycles. The lowest BCUT2D eigenvalue weighted by molar-refractivity contribution is -0.116. The van der Waals surface area contributed by atoms with Crippen LogP contribution in [0.5, 0.6) is 5.75 Å². The largest absolute Gasteiger partial charge is 0.507 e. The van der Waals surface area contributed by atoms with Crippen molar-refractivity contribution in [3.05, 3.63) is 54.6 Å². The van der Waals surface area contributed by atoms with E-state index < -0.39 is 0 Å². The summed E-state index contributed by atoms with van der Waals surface area (Å²) in [5.74, 6) is 0.145. The maximum absolute atomic E-state index is 12.3. The van der Waals surface area contributed by atoms with Gasteiger partial charge in [0.2, 0.25) is 5.91 Å². The summed E-state index contributed by atoms with van der Waals surface area (Å²) in [6.07, 6.45) is 0. The first-order valence-electron chi connectivity index (χ1n) is 6.35. The second-order valence-corrected chi connectivity index (χ2v) is 5.25. The van der Waals surface area contributed by atoms with E-state index in [1.165, 1.54) is 16.7 Å². The van der Waals surface area contributed by atoms with Crippen LogP contribution in [0.4, 0.5) is 5.69 Å². The van der Waals surface area contributed by atoms with Crippen molar-refractivity contribution in [2.45, 2.75) is 4.90 Å². The van der Waals surface area contributed by atoms with Crippen molar-refractivity contribution in [2.24, 2.45) is 0 Å². The molecule has 4 nitrogen and oxygen atoms in total. The number of anilines is 1. The van der Waals surface area contributed by atoms with Crippen LogP contribution in [-0.4, -0.2) is 23.3 Å². The molecule has 0 aliphatic heterocycles. The summed E-state index contributed by atoms with van der Waals surface area (Å²) in [6.45, 7) is 0.00415. The van der Waals surface area contributed by atoms with Crippen LogP contribution in [0.25, 0.3) is 0 Å². The summed E-state index contributed by atoms with van der Waals surface area (Å²) in [6, 6.07) is 18.0. The molecule has 0 aromatic heterocycles. The summed E-state index contributed by atoms with van der Waals surface area (Å²) in [5, 5.41) is 18.6. The van der Waals surface area contributed by atoms with Gasteiger partial charge in [0.25, 0.3) is 0 Å². The molecule has 0 spiro atoms. The minimum Gasteiger partial charge on any atom is -0.507 e. The van der Waals surface area contributed by atoms with Gasteiger partial charge in [0.05, 0.1) is 11.8 Å². The van der Waals surface area contributed by atoms with Crippen molar-refractivity contribution < 1.29 is 9.90 Å². The predicted octanol–water partition coefficient (Wildman–Crippen LogP) is 3.04. The number of benzene rings is 2. The number of nitriles is 1. The molecule has 1 amide bonds. The van der Waals surface area contributed by atoms with Gasteiger partial charge >= 0.3 is 0 Å². The van der Waals surface area contributed by atoms with Crippen LogP contribution in [0.1, 0.15) is 0 Å². The molecule has 0 fully saturated rings. The van der Waals surface area contributed by atoms with Gasteiger partial charge in [-0.25, -0.2) is 0 Å². The smallest absolute Gasteiger partial charge is 0.238 e. The fraction of sp³-hybridized carbons (Fsp3) is 0.125. The van der Waals surface area contributed by atoms with E-state index in [1.807, 2.05) is 24.3 Å². The summed E-state index contributed by atoms with van der Waals surface area (Å²) in [7, 11) is 0. The number of nitrogens with zero attached hydrogens (tertiary/aromatic N) is 2. The van der Waals surface area contributed by atoms with Crippen LogP contribution >= 0.6 is 11.8 Å². The summed E-state index contributed by atoms with van der Waals surface area (Å²) in [4.78, 5) is 14.4. The van der Waals surface area contributed by atoms with E-state index in [1.54, 1.807) is 36.4 Å². The Morgan fingerprint density at radius 2 is 1.81 bits per heavy atom. The summed E-state index contributed by atoms with van der Waals surface area (Å²) < 4.78 is 0. The molecule has 2 rings (SSSR count). The Kier molecular flexibility index (Phi) is 5.24. The molecule has 0 bridgehead atoms. The number of phenols is 1. The van der Waals surface area contributed by atoms with Crippen LogP contribution in [0.2, 0.25) is 0 Å². The predicted molar refractivity (Wildman–Crippen MR) is 83.2 cm³/mol. The zero-order chi connectivity index (χ0) is 15.1. The number of hydrogen-bond acceptors (Lipinski definition) is 4. The maximum atomic E-state index is 12.3. The number of para-hydroxylation sites is 2. The van der Waals surface area contributed by atoms with Crippen LogP contribution in [0.15, 0.2) is 59.5 Å². The number of carbonyl (C=O) groups is 1. The second kappa shape index (κ2) is 7.36. The van der Waals surface area contributed by atoms with Gasteiger partial charge in [0.15, 0.2) is 0 Å². The molecule has 0 aliphatic rings. The SMILES string of the molecule is N#CCN(C(=O)CSc1ccccc1O)c1ccccc1. The first-order valence-corrected chi connectivity index (χ1v) is 7.34. The Labute approximate surface area is 127 Å². The number of amides is 1. The van der Waals surface area contributed by atoms with Gasteiger partial charge in [0.1, 0.15) is 12.3 Å². The zero-order valence-electron chi connectivity index (χ0n) is 11.3. The highest BCUT2D eigenvalue weighted by Gasteiger charge is 2.16. The fourth-order valence-corrected chi connectivity index (χ4v) is 2.62. The molecule has 2 aromatic rings. The van der Waals surface area contributed by atoms with E-state index >= 15 is 0 Å². The van der Waals surface area contributed by atoms with Crippen molar-refractivity contribution in [3.8, 4) is 11.8 Å². The van der Waals surface area contributed by atoms with Crippen LogP contribution in [0.3, 0.4) is 0 Å². The molecule has 5 heteroatoms. The normalized spacial score (nSPS) is 9.86. The lowest BCUT2D eigenvalue weighted by Crippen LogP contribution is -2.32. The number of rotatable bonds is 5. The number of thioether (sulfide) groups is 1. The fourth-order valence-electron chi connectivity index (χ4n) is 1.80. The van der Waals surface area contributed by atoms with Crippen LogP contribution in [0, 0.1) is 11.3 Å². The van der Waals surface area contributed by atoms with Gasteiger partial charge in [-0.2, -0.15) is 5.26 Å². The molecule has 0 unspecified atom stereocenters. The van der Waals surface area contributed by atoms with E-state index in [-0.39, 0.29) is 24.0 Å². The topological polar surface area (TPSA) is 64.3 Å². The number of phenolic OH excluding ortho intramolecular Hbond substituents is 1. The van der Waals surface area contributed by atoms with Crippen LogP contribution in [-0.2, 0) is 4.79 Å². The van der Waals surface area contributed by atoms with Crippen molar-refractivity contribution in [2.75, 3.05) is 17.2 Å². The molecule has 0 heterocycles. The number of carbonyl (C=O) groups excluding carboxylic acids is 1. The average molecular weight is 298 g/mol. The van der Waals surface area contributed by atoms with Crippen molar-refractivity contribution in [1.82, 2.24) is 0 Å². The Bertz CT molecular complexity index is 653. The average Bonchev–Trinajstić information content (AvgIpc) is 2.52. The first kappa shape index (κ1) is 14.9. The highest BCUT2D eigenvalue weighted by atomic mass is 32.2. The molecular weight excluding hydrogens is 284 g/mol. The Balaban J connectivity index is 2.07. The molecule has 0 aliphatic carbocycles. The highest BCUT2D eigenvalue weighted by molar-refractivity contribution is 8.00. The second-order valence-electron chi connectivity index (χ2n) is 4.23. The third-order valence-corrected chi connectivity index (χ3v) is 3.86. The standard InChI is InChI=1S/C16H14N2O2S/c17-10-11-18(13-6-2-1-3-7-13)16(20)12-21-15-9-5-4-8-14(15)19/h1-9,19H,11-12H2. The van der Waals surface area contributed by atoms with E-state index in [0.29, 0.717) is 10.6 Å². The summed E-state index contributed by atoms with van der Waals surface area (Å²) >= 11 is 1.25. The van der Waals surface area contributed by atoms with Crippen molar-refractivity contribution in [1.29, 1.82) is 5.26 Å². The van der Waals surface area contributed by atoms with Gasteiger partial charge in [0, 0.05) is 10.6 Å². The molecule has 0 saturated carbocycles. The van der Waals surface area contributed by atoms with E-state index in [2.05, 4.69) is 0 Å². The third-order valence-electron chi connectivity index (χ3n) is 2.81. The summed E-state index contributed by atoms with van der Waals surface area (Å²) in [5.41, 5.74) is 0.696. The van der Waals surface area contributed by atoms with Gasteiger partial charge < -0.3 is 5.11 Å². The van der Waals surface area contributed by atoms with E-state index in [9.17, 15) is 9.90 Å². The Morgan fingerprint density at radius 1 is 1.14 bits per heavy atom. The highest BCUT2D eigenvalue weighted by Crippen LogP contribution is 2.28. The Morgan fingerprint density at radius 3 is 2.48 bits per heavy atom. The first-order chi connectivity index (χ1) is 10.2. The van der Waals surface area contributed by atoms with Gasteiger partial charge in [-0.1, -0.05) is 30.3 Å². The quantitative estimate of drug-likeness (QED) is 0.680. The van der Waals surface area contributed by atoms with Crippen molar-refractivity contribution >= 4 is 23.4 Å². The van der Waals surface area contributed by atoms with Crippen molar-refractivity contribution in [3.63, 3.8) is 0 Å². The Hall–Kier alpha value is -2.45. The van der Waals surface area contributed by atoms with Gasteiger partial charge in [-0.15, -0.1) is 11.8 Å². The maximum Gasteiger partial charge on any atom is 0.238 e. The molecule has 21 heavy (non-hydrogen) atoms. The molecule has 0 radical (unpaired) electrons. The van der Waals surface area contributed by atoms with Gasteiger partial charge in [-0.05, 0) is 24.3 Å². The zero-order valence-corrected chi connectivity index (χ0v) is 12.1. The molecule has 1 N–H and O–H groups in total. The lowest BCUT2D eigenvalue weighted by atomic mass is 10.3. The number of aromatic hydroxyl groups is 1. The lowest BCUT2D eigenvalue weighted by Gasteiger charge is -2.19. The van der Waals surface area contributed by atoms with Crippen LogP contribution < -0.4 is 4.90 Å². The number of hydrogen-bond donors (Lipinski definition) is 1. The monoisotopic (exact) mass is 298 g/mol. The minimum absolute atomic E-state index is 0.00415. The minimum atomic E-state index is -0.170. The van der Waals surface area contributed by atoms with Gasteiger partial charge in [-0.3, -0.25) is 9.69 Å². The van der Waals surface area contributed by atoms with E-state index in [4.69, 9.17) is 5.26 Å². The molecule has 0 atom stereocenters. The third kappa shape index (κ3) is 4.01.